The number of nitrogens with zero attached hydrogens (tertiary/aromatic N) is 1. The summed E-state index contributed by atoms with van der Waals surface area (Å²) >= 11 is 0. The van der Waals surface area contributed by atoms with Crippen LogP contribution in [-0.2, 0) is 0 Å². The molecule has 2 amide bonds. The highest BCUT2D eigenvalue weighted by Gasteiger charge is 2.42. The van der Waals surface area contributed by atoms with Crippen molar-refractivity contribution in [2.75, 3.05) is 13.1 Å². The van der Waals surface area contributed by atoms with Gasteiger partial charge in [0.05, 0.1) is 6.04 Å². The van der Waals surface area contributed by atoms with E-state index in [-0.39, 0.29) is 17.9 Å². The molecule has 2 aliphatic heterocycles. The van der Waals surface area contributed by atoms with Crippen LogP contribution in [0.1, 0.15) is 27.4 Å². The third-order valence-electron chi connectivity index (χ3n) is 3.84. The standard InChI is InChI=1S/C13H14N2O3/c1-7-3-2-4-8-9-5-15(13(17)18)6-10(9)14-12(16)11(7)8/h2-4,9-10H,5-6H2,1H3,(H,14,16)(H,17,18). The molecule has 0 spiro atoms. The van der Waals surface area contributed by atoms with Gasteiger partial charge in [-0.15, -0.1) is 0 Å². The number of fused-ring (bicyclic) bond motifs is 3. The summed E-state index contributed by atoms with van der Waals surface area (Å²) in [5.41, 5.74) is 2.63. The SMILES string of the molecule is Cc1cccc2c1C(=O)NC1CN(C(=O)O)CC21. The van der Waals surface area contributed by atoms with Gasteiger partial charge in [-0.3, -0.25) is 4.79 Å². The van der Waals surface area contributed by atoms with Crippen LogP contribution in [0.2, 0.25) is 0 Å². The lowest BCUT2D eigenvalue weighted by molar-refractivity contribution is 0.0921. The zero-order valence-electron chi connectivity index (χ0n) is 10.0. The van der Waals surface area contributed by atoms with E-state index >= 15 is 0 Å². The van der Waals surface area contributed by atoms with Crippen molar-refractivity contribution < 1.29 is 14.7 Å². The van der Waals surface area contributed by atoms with E-state index in [1.54, 1.807) is 0 Å². The summed E-state index contributed by atoms with van der Waals surface area (Å²) in [6.45, 7) is 2.73. The van der Waals surface area contributed by atoms with E-state index in [0.29, 0.717) is 18.7 Å². The van der Waals surface area contributed by atoms with Gasteiger partial charge in [0.25, 0.3) is 5.91 Å². The number of hydrogen-bond acceptors (Lipinski definition) is 2. The van der Waals surface area contributed by atoms with Crippen LogP contribution in [0.3, 0.4) is 0 Å². The molecule has 3 rings (SSSR count). The largest absolute Gasteiger partial charge is 0.465 e. The molecule has 0 aliphatic carbocycles. The fraction of sp³-hybridized carbons (Fsp3) is 0.385. The van der Waals surface area contributed by atoms with Gasteiger partial charge < -0.3 is 15.3 Å². The highest BCUT2D eigenvalue weighted by Crippen LogP contribution is 2.34. The van der Waals surface area contributed by atoms with Gasteiger partial charge in [-0.2, -0.15) is 0 Å². The van der Waals surface area contributed by atoms with Crippen molar-refractivity contribution in [1.82, 2.24) is 10.2 Å². The number of nitrogens with one attached hydrogen (secondary N) is 1. The second-order valence-corrected chi connectivity index (χ2v) is 4.91. The smallest absolute Gasteiger partial charge is 0.407 e. The molecule has 2 atom stereocenters. The number of rotatable bonds is 0. The molecule has 2 N–H and O–H groups in total. The predicted molar refractivity (Wildman–Crippen MR) is 64.8 cm³/mol. The Hall–Kier alpha value is -2.04. The summed E-state index contributed by atoms with van der Waals surface area (Å²) in [6, 6.07) is 5.67. The number of carboxylic acid groups (broad SMARTS) is 1. The van der Waals surface area contributed by atoms with E-state index in [2.05, 4.69) is 5.32 Å². The van der Waals surface area contributed by atoms with E-state index in [1.807, 2.05) is 25.1 Å². The molecule has 2 heterocycles. The Morgan fingerprint density at radius 2 is 2.22 bits per heavy atom. The van der Waals surface area contributed by atoms with Crippen LogP contribution in [0, 0.1) is 6.92 Å². The lowest BCUT2D eigenvalue weighted by Gasteiger charge is -2.28. The van der Waals surface area contributed by atoms with Crippen molar-refractivity contribution >= 4 is 12.0 Å². The Morgan fingerprint density at radius 1 is 1.44 bits per heavy atom. The lowest BCUT2D eigenvalue weighted by Crippen LogP contribution is -2.44. The summed E-state index contributed by atoms with van der Waals surface area (Å²) in [7, 11) is 0. The van der Waals surface area contributed by atoms with Gasteiger partial charge in [-0.25, -0.2) is 4.79 Å². The first kappa shape index (κ1) is 11.1. The molecule has 1 fully saturated rings. The van der Waals surface area contributed by atoms with E-state index in [9.17, 15) is 9.59 Å². The Kier molecular flexibility index (Phi) is 2.29. The highest BCUT2D eigenvalue weighted by molar-refractivity contribution is 5.99. The van der Waals surface area contributed by atoms with Gasteiger partial charge in [0.2, 0.25) is 0 Å². The molecule has 18 heavy (non-hydrogen) atoms. The van der Waals surface area contributed by atoms with E-state index in [4.69, 9.17) is 5.11 Å². The van der Waals surface area contributed by atoms with Gasteiger partial charge in [-0.1, -0.05) is 18.2 Å². The van der Waals surface area contributed by atoms with Crippen LogP contribution >= 0.6 is 0 Å². The van der Waals surface area contributed by atoms with Gasteiger partial charge >= 0.3 is 6.09 Å². The van der Waals surface area contributed by atoms with Crippen molar-refractivity contribution in [2.24, 2.45) is 0 Å². The van der Waals surface area contributed by atoms with Crippen LogP contribution in [0.25, 0.3) is 0 Å². The van der Waals surface area contributed by atoms with Crippen LogP contribution in [-0.4, -0.2) is 41.1 Å². The van der Waals surface area contributed by atoms with Crippen molar-refractivity contribution in [3.05, 3.63) is 34.9 Å². The topological polar surface area (TPSA) is 69.6 Å². The minimum absolute atomic E-state index is 0.0775. The average molecular weight is 246 g/mol. The van der Waals surface area contributed by atoms with Crippen molar-refractivity contribution in [3.8, 4) is 0 Å². The van der Waals surface area contributed by atoms with E-state index in [0.717, 1.165) is 11.1 Å². The number of carbonyl (C=O) groups excluding carboxylic acids is 1. The molecule has 5 heteroatoms. The summed E-state index contributed by atoms with van der Waals surface area (Å²) in [5, 5.41) is 12.0. The molecule has 5 nitrogen and oxygen atoms in total. The van der Waals surface area contributed by atoms with Crippen LogP contribution in [0.5, 0.6) is 0 Å². The number of likely N-dealkylation sites (tertiary alicyclic amines) is 1. The quantitative estimate of drug-likeness (QED) is 0.722. The lowest BCUT2D eigenvalue weighted by atomic mass is 9.84. The fourth-order valence-corrected chi connectivity index (χ4v) is 2.97. The van der Waals surface area contributed by atoms with Gasteiger partial charge in [0.1, 0.15) is 0 Å². The highest BCUT2D eigenvalue weighted by atomic mass is 16.4. The summed E-state index contributed by atoms with van der Waals surface area (Å²) in [6.07, 6.45) is -0.923. The second-order valence-electron chi connectivity index (χ2n) is 4.91. The maximum absolute atomic E-state index is 12.0. The number of benzene rings is 1. The molecular weight excluding hydrogens is 232 g/mol. The number of amides is 2. The Bertz CT molecular complexity index is 541. The molecule has 2 unspecified atom stereocenters. The zero-order valence-corrected chi connectivity index (χ0v) is 10.0. The summed E-state index contributed by atoms with van der Waals surface area (Å²) in [4.78, 5) is 24.4. The summed E-state index contributed by atoms with van der Waals surface area (Å²) in [5.74, 6) is -0.00899. The van der Waals surface area contributed by atoms with Gasteiger partial charge in [-0.05, 0) is 18.1 Å². The monoisotopic (exact) mass is 246 g/mol. The molecule has 0 radical (unpaired) electrons. The second kappa shape index (κ2) is 3.73. The summed E-state index contributed by atoms with van der Waals surface area (Å²) < 4.78 is 0. The average Bonchev–Trinajstić information content (AvgIpc) is 2.73. The maximum atomic E-state index is 12.0. The predicted octanol–water partition coefficient (Wildman–Crippen LogP) is 1.18. The fourth-order valence-electron chi connectivity index (χ4n) is 2.97. The van der Waals surface area contributed by atoms with E-state index < -0.39 is 6.09 Å². The molecule has 0 saturated carbocycles. The molecule has 0 bridgehead atoms. The number of aryl methyl sites for hydroxylation is 1. The van der Waals surface area contributed by atoms with Crippen molar-refractivity contribution in [2.45, 2.75) is 18.9 Å². The molecular formula is C13H14N2O3. The molecule has 1 aromatic carbocycles. The molecule has 0 aromatic heterocycles. The van der Waals surface area contributed by atoms with Crippen molar-refractivity contribution in [3.63, 3.8) is 0 Å². The normalized spacial score (nSPS) is 25.4. The van der Waals surface area contributed by atoms with Gasteiger partial charge in [0, 0.05) is 24.6 Å². The number of hydrogen-bond donors (Lipinski definition) is 2. The van der Waals surface area contributed by atoms with Crippen LogP contribution in [0.4, 0.5) is 4.79 Å². The van der Waals surface area contributed by atoms with Gasteiger partial charge in [0.15, 0.2) is 0 Å². The molecule has 2 aliphatic rings. The first-order valence-electron chi connectivity index (χ1n) is 5.96. The van der Waals surface area contributed by atoms with Crippen molar-refractivity contribution in [1.29, 1.82) is 0 Å². The Balaban J connectivity index is 2.04. The third kappa shape index (κ3) is 1.47. The number of carbonyl (C=O) groups is 2. The minimum atomic E-state index is -0.923. The Labute approximate surface area is 104 Å². The van der Waals surface area contributed by atoms with Crippen LogP contribution < -0.4 is 5.32 Å². The zero-order chi connectivity index (χ0) is 12.9. The molecule has 1 saturated heterocycles. The minimum Gasteiger partial charge on any atom is -0.465 e. The molecule has 94 valence electrons. The third-order valence-corrected chi connectivity index (χ3v) is 3.84. The van der Waals surface area contributed by atoms with E-state index in [1.165, 1.54) is 4.90 Å². The molecule has 1 aromatic rings. The van der Waals surface area contributed by atoms with Crippen LogP contribution in [0.15, 0.2) is 18.2 Å². The first-order valence-corrected chi connectivity index (χ1v) is 5.96. The first-order chi connectivity index (χ1) is 8.58. The Morgan fingerprint density at radius 3 is 2.94 bits per heavy atom. The maximum Gasteiger partial charge on any atom is 0.407 e.